The van der Waals surface area contributed by atoms with Crippen molar-refractivity contribution < 1.29 is 0 Å². The first-order chi connectivity index (χ1) is 8.36. The van der Waals surface area contributed by atoms with Crippen LogP contribution in [0.15, 0.2) is 29.6 Å². The van der Waals surface area contributed by atoms with Gasteiger partial charge in [-0.3, -0.25) is 0 Å². The number of hydrogen-bond acceptors (Lipinski definition) is 2. The summed E-state index contributed by atoms with van der Waals surface area (Å²) in [4.78, 5) is 0. The van der Waals surface area contributed by atoms with Crippen molar-refractivity contribution in [2.24, 2.45) is 5.41 Å². The lowest BCUT2D eigenvalue weighted by molar-refractivity contribution is 0.175. The Hall–Kier alpha value is -0.860. The van der Waals surface area contributed by atoms with Gasteiger partial charge in [-0.15, -0.1) is 11.3 Å². The van der Waals surface area contributed by atoms with Gasteiger partial charge in [-0.2, -0.15) is 0 Å². The summed E-state index contributed by atoms with van der Waals surface area (Å²) in [5, 5.41) is 7.36. The molecule has 2 aromatic rings. The molecule has 2 fully saturated rings. The number of nitrogens with one attached hydrogen (secondary N) is 1. The zero-order valence-electron chi connectivity index (χ0n) is 9.91. The van der Waals surface area contributed by atoms with Crippen LogP contribution < -0.4 is 5.32 Å². The van der Waals surface area contributed by atoms with Crippen LogP contribution in [0.25, 0.3) is 10.1 Å². The Morgan fingerprint density at radius 3 is 2.88 bits per heavy atom. The van der Waals surface area contributed by atoms with Gasteiger partial charge in [-0.05, 0) is 53.0 Å². The molecule has 1 atom stereocenters. The van der Waals surface area contributed by atoms with Crippen molar-refractivity contribution in [3.63, 3.8) is 0 Å². The Morgan fingerprint density at radius 2 is 2.12 bits per heavy atom. The van der Waals surface area contributed by atoms with Gasteiger partial charge < -0.3 is 5.32 Å². The van der Waals surface area contributed by atoms with E-state index in [-0.39, 0.29) is 0 Å². The smallest absolute Gasteiger partial charge is 0.0345 e. The third-order valence-corrected chi connectivity index (χ3v) is 5.64. The van der Waals surface area contributed by atoms with E-state index in [0.29, 0.717) is 5.41 Å². The van der Waals surface area contributed by atoms with Crippen LogP contribution in [-0.2, 0) is 0 Å². The molecule has 2 heteroatoms. The molecule has 2 aliphatic rings. The molecule has 17 heavy (non-hydrogen) atoms. The van der Waals surface area contributed by atoms with E-state index in [2.05, 4.69) is 35.0 Å². The number of hydrogen-bond donors (Lipinski definition) is 1. The molecule has 1 unspecified atom stereocenters. The maximum absolute atomic E-state index is 3.45. The van der Waals surface area contributed by atoms with Crippen molar-refractivity contribution in [1.82, 2.24) is 5.32 Å². The molecule has 0 bridgehead atoms. The first-order valence-electron chi connectivity index (χ1n) is 6.53. The first-order valence-corrected chi connectivity index (χ1v) is 7.41. The number of fused-ring (bicyclic) bond motifs is 1. The van der Waals surface area contributed by atoms with Gasteiger partial charge >= 0.3 is 0 Å². The van der Waals surface area contributed by atoms with Crippen LogP contribution in [0.5, 0.6) is 0 Å². The van der Waals surface area contributed by atoms with E-state index >= 15 is 0 Å². The summed E-state index contributed by atoms with van der Waals surface area (Å²) in [6.07, 6.45) is 4.22. The Labute approximate surface area is 106 Å². The fraction of sp³-hybridized carbons (Fsp3) is 0.467. The van der Waals surface area contributed by atoms with Crippen molar-refractivity contribution >= 4 is 21.4 Å². The number of rotatable bonds is 1. The maximum atomic E-state index is 3.45. The van der Waals surface area contributed by atoms with Crippen LogP contribution in [0.3, 0.4) is 0 Å². The first kappa shape index (κ1) is 10.1. The molecule has 1 saturated carbocycles. The van der Waals surface area contributed by atoms with Crippen LogP contribution in [-0.4, -0.2) is 13.1 Å². The lowest BCUT2D eigenvalue weighted by atomic mass is 9.79. The molecule has 1 aliphatic heterocycles. The second-order valence-electron chi connectivity index (χ2n) is 5.73. The fourth-order valence-corrected chi connectivity index (χ4v) is 4.63. The molecule has 88 valence electrons. The van der Waals surface area contributed by atoms with Gasteiger partial charge in [0.2, 0.25) is 0 Å². The van der Waals surface area contributed by atoms with Gasteiger partial charge in [-0.25, -0.2) is 0 Å². The van der Waals surface area contributed by atoms with Crippen LogP contribution in [0.1, 0.15) is 30.7 Å². The summed E-state index contributed by atoms with van der Waals surface area (Å²) in [7, 11) is 0. The van der Waals surface area contributed by atoms with Gasteiger partial charge in [0.15, 0.2) is 0 Å². The molecule has 1 spiro atoms. The normalized spacial score (nSPS) is 26.5. The van der Waals surface area contributed by atoms with Gasteiger partial charge in [0.05, 0.1) is 0 Å². The zero-order valence-corrected chi connectivity index (χ0v) is 10.7. The average Bonchev–Trinajstić information content (AvgIpc) is 2.92. The highest BCUT2D eigenvalue weighted by Crippen LogP contribution is 2.50. The minimum atomic E-state index is 0.660. The summed E-state index contributed by atoms with van der Waals surface area (Å²) >= 11 is 1.91. The molecule has 0 amide bonds. The van der Waals surface area contributed by atoms with E-state index in [1.54, 1.807) is 5.56 Å². The van der Waals surface area contributed by atoms with Crippen molar-refractivity contribution in [1.29, 1.82) is 0 Å². The third kappa shape index (κ3) is 1.47. The SMILES string of the molecule is c1ccc2c(C3CCC4(CNC4)C3)csc2c1. The quantitative estimate of drug-likeness (QED) is 0.804. The zero-order chi connectivity index (χ0) is 11.3. The molecule has 1 nitrogen and oxygen atoms in total. The molecule has 4 rings (SSSR count). The molecule has 1 aromatic heterocycles. The summed E-state index contributed by atoms with van der Waals surface area (Å²) in [6, 6.07) is 8.87. The second-order valence-corrected chi connectivity index (χ2v) is 6.64. The number of thiophene rings is 1. The van der Waals surface area contributed by atoms with E-state index in [0.717, 1.165) is 5.92 Å². The Kier molecular flexibility index (Phi) is 2.12. The van der Waals surface area contributed by atoms with E-state index in [9.17, 15) is 0 Å². The number of benzene rings is 1. The van der Waals surface area contributed by atoms with Crippen molar-refractivity contribution in [2.45, 2.75) is 25.2 Å². The third-order valence-electron chi connectivity index (χ3n) is 4.65. The Morgan fingerprint density at radius 1 is 1.24 bits per heavy atom. The summed E-state index contributed by atoms with van der Waals surface area (Å²) in [5.41, 5.74) is 2.28. The summed E-state index contributed by atoms with van der Waals surface area (Å²) < 4.78 is 1.45. The van der Waals surface area contributed by atoms with Gasteiger partial charge in [-0.1, -0.05) is 18.2 Å². The van der Waals surface area contributed by atoms with E-state index in [1.807, 2.05) is 11.3 Å². The van der Waals surface area contributed by atoms with E-state index in [4.69, 9.17) is 0 Å². The van der Waals surface area contributed by atoms with Crippen LogP contribution in [0.2, 0.25) is 0 Å². The van der Waals surface area contributed by atoms with E-state index in [1.165, 1.54) is 42.4 Å². The topological polar surface area (TPSA) is 12.0 Å². The largest absolute Gasteiger partial charge is 0.316 e. The standard InChI is InChI=1S/C15H17NS/c1-2-4-14-12(3-1)13(8-17-14)11-5-6-15(7-11)9-16-10-15/h1-4,8,11,16H,5-7,9-10H2. The highest BCUT2D eigenvalue weighted by Gasteiger charge is 2.44. The van der Waals surface area contributed by atoms with Crippen molar-refractivity contribution in [2.75, 3.05) is 13.1 Å². The minimum Gasteiger partial charge on any atom is -0.316 e. The predicted octanol–water partition coefficient (Wildman–Crippen LogP) is 3.76. The van der Waals surface area contributed by atoms with Crippen LogP contribution >= 0.6 is 11.3 Å². The van der Waals surface area contributed by atoms with Gasteiger partial charge in [0.25, 0.3) is 0 Å². The highest BCUT2D eigenvalue weighted by molar-refractivity contribution is 7.17. The highest BCUT2D eigenvalue weighted by atomic mass is 32.1. The van der Waals surface area contributed by atoms with Gasteiger partial charge in [0, 0.05) is 17.8 Å². The average molecular weight is 243 g/mol. The molecular weight excluding hydrogens is 226 g/mol. The molecule has 1 saturated heterocycles. The Bertz CT molecular complexity index is 553. The molecule has 1 aromatic carbocycles. The molecule has 1 aliphatic carbocycles. The van der Waals surface area contributed by atoms with Crippen LogP contribution in [0, 0.1) is 5.41 Å². The second kappa shape index (κ2) is 3.56. The Balaban J connectivity index is 1.71. The summed E-state index contributed by atoms with van der Waals surface area (Å²) in [5.74, 6) is 0.813. The maximum Gasteiger partial charge on any atom is 0.0345 e. The van der Waals surface area contributed by atoms with Crippen LogP contribution in [0.4, 0.5) is 0 Å². The van der Waals surface area contributed by atoms with Gasteiger partial charge in [0.1, 0.15) is 0 Å². The minimum absolute atomic E-state index is 0.660. The molecular formula is C15H17NS. The lowest BCUT2D eigenvalue weighted by Crippen LogP contribution is -2.51. The molecule has 1 N–H and O–H groups in total. The van der Waals surface area contributed by atoms with Crippen molar-refractivity contribution in [3.8, 4) is 0 Å². The predicted molar refractivity (Wildman–Crippen MR) is 73.7 cm³/mol. The monoisotopic (exact) mass is 243 g/mol. The lowest BCUT2D eigenvalue weighted by Gasteiger charge is -2.39. The summed E-state index contributed by atoms with van der Waals surface area (Å²) in [6.45, 7) is 2.51. The van der Waals surface area contributed by atoms with Crippen molar-refractivity contribution in [3.05, 3.63) is 35.2 Å². The van der Waals surface area contributed by atoms with E-state index < -0.39 is 0 Å². The molecule has 0 radical (unpaired) electrons. The fourth-order valence-electron chi connectivity index (χ4n) is 3.59. The molecule has 2 heterocycles.